The number of aromatic nitrogens is 1. The third-order valence-electron chi connectivity index (χ3n) is 3.15. The number of benzene rings is 1. The van der Waals surface area contributed by atoms with Gasteiger partial charge >= 0.3 is 0 Å². The number of rotatable bonds is 4. The van der Waals surface area contributed by atoms with Crippen LogP contribution in [0.3, 0.4) is 0 Å². The smallest absolute Gasteiger partial charge is 0.0455 e. The Morgan fingerprint density at radius 3 is 2.47 bits per heavy atom. The lowest BCUT2D eigenvalue weighted by Gasteiger charge is -2.09. The van der Waals surface area contributed by atoms with Gasteiger partial charge in [-0.3, -0.25) is 0 Å². The van der Waals surface area contributed by atoms with E-state index < -0.39 is 0 Å². The zero-order chi connectivity index (χ0) is 12.3. The van der Waals surface area contributed by atoms with E-state index >= 15 is 0 Å². The van der Waals surface area contributed by atoms with E-state index in [-0.39, 0.29) is 6.61 Å². The second kappa shape index (κ2) is 5.19. The zero-order valence-corrected chi connectivity index (χ0v) is 10.5. The summed E-state index contributed by atoms with van der Waals surface area (Å²) in [6, 6.07) is 12.6. The Hall–Kier alpha value is -1.54. The van der Waals surface area contributed by atoms with Gasteiger partial charge in [0, 0.05) is 23.7 Å². The van der Waals surface area contributed by atoms with Crippen molar-refractivity contribution in [1.82, 2.24) is 4.57 Å². The molecule has 0 aliphatic carbocycles. The van der Waals surface area contributed by atoms with Crippen molar-refractivity contribution in [3.8, 4) is 5.69 Å². The highest BCUT2D eigenvalue weighted by Gasteiger charge is 2.09. The highest BCUT2D eigenvalue weighted by Crippen LogP contribution is 2.21. The second-order valence-electron chi connectivity index (χ2n) is 4.39. The molecule has 0 aliphatic heterocycles. The molecule has 0 aliphatic rings. The first-order valence-corrected chi connectivity index (χ1v) is 6.08. The van der Waals surface area contributed by atoms with Gasteiger partial charge in [-0.15, -0.1) is 0 Å². The number of nitrogens with zero attached hydrogens (tertiary/aromatic N) is 1. The van der Waals surface area contributed by atoms with E-state index in [1.54, 1.807) is 0 Å². The fraction of sp³-hybridized carbons (Fsp3) is 0.333. The summed E-state index contributed by atoms with van der Waals surface area (Å²) in [4.78, 5) is 0. The maximum atomic E-state index is 8.90. The first kappa shape index (κ1) is 11.9. The van der Waals surface area contributed by atoms with Crippen LogP contribution in [0.15, 0.2) is 36.4 Å². The van der Waals surface area contributed by atoms with Crippen molar-refractivity contribution < 1.29 is 5.11 Å². The number of aliphatic hydroxyl groups excluding tert-OH is 1. The zero-order valence-electron chi connectivity index (χ0n) is 10.5. The molecule has 90 valence electrons. The molecule has 0 spiro atoms. The largest absolute Gasteiger partial charge is 0.396 e. The highest BCUT2D eigenvalue weighted by molar-refractivity contribution is 5.40. The van der Waals surface area contributed by atoms with Crippen LogP contribution < -0.4 is 0 Å². The minimum Gasteiger partial charge on any atom is -0.396 e. The first-order chi connectivity index (χ1) is 8.24. The number of aryl methyl sites for hydroxylation is 2. The van der Waals surface area contributed by atoms with Gasteiger partial charge in [0.15, 0.2) is 0 Å². The summed E-state index contributed by atoms with van der Waals surface area (Å²) in [5.74, 6) is 0. The van der Waals surface area contributed by atoms with Crippen LogP contribution in [-0.4, -0.2) is 16.3 Å². The second-order valence-corrected chi connectivity index (χ2v) is 4.39. The molecule has 0 saturated carbocycles. The highest BCUT2D eigenvalue weighted by atomic mass is 16.2. The van der Waals surface area contributed by atoms with E-state index in [1.165, 1.54) is 22.6 Å². The minimum absolute atomic E-state index is 0.259. The molecule has 2 aromatic rings. The summed E-state index contributed by atoms with van der Waals surface area (Å²) in [7, 11) is 0. The van der Waals surface area contributed by atoms with Crippen molar-refractivity contribution in [3.05, 3.63) is 53.3 Å². The molecule has 0 amide bonds. The predicted octanol–water partition coefficient (Wildman–Crippen LogP) is 3.02. The molecule has 2 nitrogen and oxygen atoms in total. The van der Waals surface area contributed by atoms with Crippen LogP contribution >= 0.6 is 0 Å². The molecule has 0 saturated heterocycles. The molecule has 0 bridgehead atoms. The van der Waals surface area contributed by atoms with Crippen LogP contribution in [0.5, 0.6) is 0 Å². The quantitative estimate of drug-likeness (QED) is 0.856. The Kier molecular flexibility index (Phi) is 3.64. The van der Waals surface area contributed by atoms with Crippen LogP contribution in [0, 0.1) is 13.8 Å². The van der Waals surface area contributed by atoms with Crippen LogP contribution in [0.25, 0.3) is 5.69 Å². The molecule has 1 N–H and O–H groups in total. The number of hydrogen-bond acceptors (Lipinski definition) is 1. The van der Waals surface area contributed by atoms with E-state index in [1.807, 2.05) is 6.07 Å². The molecule has 2 heteroatoms. The Morgan fingerprint density at radius 2 is 1.82 bits per heavy atom. The summed E-state index contributed by atoms with van der Waals surface area (Å²) in [5.41, 5.74) is 5.07. The minimum atomic E-state index is 0.259. The van der Waals surface area contributed by atoms with E-state index in [4.69, 9.17) is 5.11 Å². The summed E-state index contributed by atoms with van der Waals surface area (Å²) >= 11 is 0. The topological polar surface area (TPSA) is 25.2 Å². The van der Waals surface area contributed by atoms with Gasteiger partial charge in [0.05, 0.1) is 0 Å². The van der Waals surface area contributed by atoms with Crippen molar-refractivity contribution in [1.29, 1.82) is 0 Å². The van der Waals surface area contributed by atoms with E-state index in [9.17, 15) is 0 Å². The van der Waals surface area contributed by atoms with Gasteiger partial charge in [0.2, 0.25) is 0 Å². The van der Waals surface area contributed by atoms with Gasteiger partial charge in [-0.25, -0.2) is 0 Å². The Morgan fingerprint density at radius 1 is 1.12 bits per heavy atom. The fourth-order valence-corrected chi connectivity index (χ4v) is 2.33. The molecule has 0 atom stereocenters. The molecule has 2 rings (SSSR count). The molecule has 1 aromatic heterocycles. The average molecular weight is 229 g/mol. The van der Waals surface area contributed by atoms with E-state index in [0.29, 0.717) is 0 Å². The molecule has 17 heavy (non-hydrogen) atoms. The van der Waals surface area contributed by atoms with Crippen LogP contribution in [0.1, 0.15) is 23.4 Å². The Bertz CT molecular complexity index is 485. The third-order valence-corrected chi connectivity index (χ3v) is 3.15. The van der Waals surface area contributed by atoms with Gasteiger partial charge in [0.25, 0.3) is 0 Å². The first-order valence-electron chi connectivity index (χ1n) is 6.08. The van der Waals surface area contributed by atoms with Crippen LogP contribution in [-0.2, 0) is 6.42 Å². The molecular weight excluding hydrogens is 210 g/mol. The lowest BCUT2D eigenvalue weighted by molar-refractivity contribution is 0.288. The average Bonchev–Trinajstić information content (AvgIpc) is 2.63. The Balaban J connectivity index is 2.38. The van der Waals surface area contributed by atoms with Crippen molar-refractivity contribution in [3.63, 3.8) is 0 Å². The molecule has 0 unspecified atom stereocenters. The molecule has 0 radical (unpaired) electrons. The van der Waals surface area contributed by atoms with Crippen molar-refractivity contribution in [2.75, 3.05) is 6.61 Å². The Labute approximate surface area is 103 Å². The maximum absolute atomic E-state index is 8.90. The number of hydrogen-bond donors (Lipinski definition) is 1. The molecule has 1 heterocycles. The SMILES string of the molecule is Cc1cc(CCCO)c(C)n1-c1ccccc1. The van der Waals surface area contributed by atoms with Crippen LogP contribution in [0.4, 0.5) is 0 Å². The lowest BCUT2D eigenvalue weighted by atomic mass is 10.1. The van der Waals surface area contributed by atoms with Gasteiger partial charge < -0.3 is 9.67 Å². The molecule has 0 fully saturated rings. The lowest BCUT2D eigenvalue weighted by Crippen LogP contribution is -1.99. The van der Waals surface area contributed by atoms with Crippen molar-refractivity contribution >= 4 is 0 Å². The number of para-hydroxylation sites is 1. The summed E-state index contributed by atoms with van der Waals surface area (Å²) in [6.07, 6.45) is 1.78. The summed E-state index contributed by atoms with van der Waals surface area (Å²) in [6.45, 7) is 4.53. The van der Waals surface area contributed by atoms with Gasteiger partial charge in [-0.2, -0.15) is 0 Å². The molecular formula is C15H19NO. The third kappa shape index (κ3) is 2.42. The monoisotopic (exact) mass is 229 g/mol. The van der Waals surface area contributed by atoms with Crippen molar-refractivity contribution in [2.24, 2.45) is 0 Å². The fourth-order valence-electron chi connectivity index (χ4n) is 2.33. The van der Waals surface area contributed by atoms with Crippen LogP contribution in [0.2, 0.25) is 0 Å². The standard InChI is InChI=1S/C15H19NO/c1-12-11-14(7-6-10-17)13(2)16(12)15-8-4-3-5-9-15/h3-5,8-9,11,17H,6-7,10H2,1-2H3. The van der Waals surface area contributed by atoms with Gasteiger partial charge in [0.1, 0.15) is 0 Å². The normalized spacial score (nSPS) is 10.8. The number of aliphatic hydroxyl groups is 1. The maximum Gasteiger partial charge on any atom is 0.0455 e. The van der Waals surface area contributed by atoms with Gasteiger partial charge in [-0.05, 0) is 50.5 Å². The molecule has 1 aromatic carbocycles. The van der Waals surface area contributed by atoms with Gasteiger partial charge in [-0.1, -0.05) is 18.2 Å². The predicted molar refractivity (Wildman–Crippen MR) is 70.6 cm³/mol. The van der Waals surface area contributed by atoms with E-state index in [2.05, 4.69) is 48.7 Å². The van der Waals surface area contributed by atoms with E-state index in [0.717, 1.165) is 12.8 Å². The summed E-state index contributed by atoms with van der Waals surface area (Å²) < 4.78 is 2.27. The summed E-state index contributed by atoms with van der Waals surface area (Å²) in [5, 5.41) is 8.90. The van der Waals surface area contributed by atoms with Crippen molar-refractivity contribution in [2.45, 2.75) is 26.7 Å².